The van der Waals surface area contributed by atoms with Crippen LogP contribution in [0.15, 0.2) is 18.2 Å². The van der Waals surface area contributed by atoms with Crippen LogP contribution in [0.5, 0.6) is 0 Å². The molecular formula is C16H22ClN. The Morgan fingerprint density at radius 3 is 2.67 bits per heavy atom. The molecule has 3 rings (SSSR count). The van der Waals surface area contributed by atoms with Crippen molar-refractivity contribution in [3.8, 4) is 0 Å². The molecule has 0 aliphatic heterocycles. The van der Waals surface area contributed by atoms with E-state index < -0.39 is 0 Å². The summed E-state index contributed by atoms with van der Waals surface area (Å²) in [7, 11) is 0. The number of nitrogens with one attached hydrogen (secondary N) is 1. The quantitative estimate of drug-likeness (QED) is 0.870. The Balaban J connectivity index is 1.51. The van der Waals surface area contributed by atoms with Crippen molar-refractivity contribution in [2.24, 2.45) is 5.92 Å². The van der Waals surface area contributed by atoms with Gasteiger partial charge in [-0.2, -0.15) is 0 Å². The van der Waals surface area contributed by atoms with Gasteiger partial charge in [0, 0.05) is 11.1 Å². The van der Waals surface area contributed by atoms with Crippen molar-refractivity contribution in [3.63, 3.8) is 0 Å². The third kappa shape index (κ3) is 2.89. The van der Waals surface area contributed by atoms with Crippen LogP contribution in [0.1, 0.15) is 43.2 Å². The summed E-state index contributed by atoms with van der Waals surface area (Å²) in [6.07, 6.45) is 9.52. The highest BCUT2D eigenvalue weighted by Gasteiger charge is 2.22. The fourth-order valence-electron chi connectivity index (χ4n) is 3.46. The van der Waals surface area contributed by atoms with Gasteiger partial charge in [0.2, 0.25) is 0 Å². The van der Waals surface area contributed by atoms with Gasteiger partial charge in [-0.15, -0.1) is 0 Å². The van der Waals surface area contributed by atoms with Crippen molar-refractivity contribution in [2.75, 3.05) is 6.54 Å². The third-order valence-corrected chi connectivity index (χ3v) is 4.76. The Labute approximate surface area is 115 Å². The zero-order valence-corrected chi connectivity index (χ0v) is 11.7. The highest BCUT2D eigenvalue weighted by Crippen LogP contribution is 2.27. The summed E-state index contributed by atoms with van der Waals surface area (Å²) in [5.74, 6) is 0.922. The van der Waals surface area contributed by atoms with Gasteiger partial charge < -0.3 is 5.32 Å². The van der Waals surface area contributed by atoms with E-state index in [4.69, 9.17) is 11.6 Å². The fourth-order valence-corrected chi connectivity index (χ4v) is 3.65. The molecule has 1 aromatic rings. The van der Waals surface area contributed by atoms with Gasteiger partial charge in [-0.05, 0) is 61.4 Å². The molecule has 1 unspecified atom stereocenters. The maximum absolute atomic E-state index is 6.05. The van der Waals surface area contributed by atoms with E-state index in [0.29, 0.717) is 6.04 Å². The molecule has 1 fully saturated rings. The Morgan fingerprint density at radius 2 is 1.83 bits per heavy atom. The van der Waals surface area contributed by atoms with E-state index in [-0.39, 0.29) is 0 Å². The standard InChI is InChI=1S/C16H22ClN/c17-15-7-6-13-9-16(10-14(13)8-15)18-11-12-4-2-1-3-5-12/h6-8,12,16,18H,1-5,9-11H2. The molecule has 2 aliphatic rings. The number of hydrogen-bond acceptors (Lipinski definition) is 1. The Hall–Kier alpha value is -0.530. The van der Waals surface area contributed by atoms with Crippen LogP contribution in [-0.2, 0) is 12.8 Å². The highest BCUT2D eigenvalue weighted by atomic mass is 35.5. The number of benzene rings is 1. The van der Waals surface area contributed by atoms with E-state index in [9.17, 15) is 0 Å². The van der Waals surface area contributed by atoms with Gasteiger partial charge in [0.1, 0.15) is 0 Å². The summed E-state index contributed by atoms with van der Waals surface area (Å²) in [4.78, 5) is 0. The minimum Gasteiger partial charge on any atom is -0.313 e. The second-order valence-electron chi connectivity index (χ2n) is 5.93. The average molecular weight is 264 g/mol. The van der Waals surface area contributed by atoms with E-state index in [1.165, 1.54) is 56.2 Å². The molecule has 1 nitrogen and oxygen atoms in total. The van der Waals surface area contributed by atoms with Gasteiger partial charge in [-0.25, -0.2) is 0 Å². The van der Waals surface area contributed by atoms with Gasteiger partial charge in [-0.3, -0.25) is 0 Å². The largest absolute Gasteiger partial charge is 0.313 e. The SMILES string of the molecule is Clc1ccc2c(c1)CC(NCC1CCCCC1)C2. The van der Waals surface area contributed by atoms with E-state index in [0.717, 1.165) is 17.4 Å². The first-order chi connectivity index (χ1) is 8.81. The molecule has 1 aromatic carbocycles. The normalized spacial score (nSPS) is 24.2. The van der Waals surface area contributed by atoms with Crippen LogP contribution in [0.3, 0.4) is 0 Å². The van der Waals surface area contributed by atoms with Crippen LogP contribution in [0.25, 0.3) is 0 Å². The van der Waals surface area contributed by atoms with Crippen LogP contribution < -0.4 is 5.32 Å². The van der Waals surface area contributed by atoms with Crippen molar-refractivity contribution in [2.45, 2.75) is 51.0 Å². The minimum absolute atomic E-state index is 0.639. The predicted molar refractivity (Wildman–Crippen MR) is 77.2 cm³/mol. The summed E-state index contributed by atoms with van der Waals surface area (Å²) in [6, 6.07) is 6.99. The summed E-state index contributed by atoms with van der Waals surface area (Å²) in [5.41, 5.74) is 2.93. The van der Waals surface area contributed by atoms with Gasteiger partial charge in [0.25, 0.3) is 0 Å². The zero-order valence-electron chi connectivity index (χ0n) is 10.9. The number of hydrogen-bond donors (Lipinski definition) is 1. The molecular weight excluding hydrogens is 242 g/mol. The molecule has 2 heteroatoms. The molecule has 0 heterocycles. The summed E-state index contributed by atoms with van der Waals surface area (Å²) < 4.78 is 0. The van der Waals surface area contributed by atoms with E-state index >= 15 is 0 Å². The number of halogens is 1. The Kier molecular flexibility index (Phi) is 3.91. The van der Waals surface area contributed by atoms with Crippen molar-refractivity contribution in [1.82, 2.24) is 5.32 Å². The van der Waals surface area contributed by atoms with Gasteiger partial charge in [0.05, 0.1) is 0 Å². The lowest BCUT2D eigenvalue weighted by Gasteiger charge is -2.23. The third-order valence-electron chi connectivity index (χ3n) is 4.52. The lowest BCUT2D eigenvalue weighted by atomic mass is 9.89. The highest BCUT2D eigenvalue weighted by molar-refractivity contribution is 6.30. The second-order valence-corrected chi connectivity index (χ2v) is 6.37. The van der Waals surface area contributed by atoms with Crippen LogP contribution in [0, 0.1) is 5.92 Å². The fraction of sp³-hybridized carbons (Fsp3) is 0.625. The molecule has 0 aromatic heterocycles. The predicted octanol–water partition coefficient (Wildman–Crippen LogP) is 3.98. The van der Waals surface area contributed by atoms with Crippen molar-refractivity contribution >= 4 is 11.6 Å². The first-order valence-electron chi connectivity index (χ1n) is 7.32. The van der Waals surface area contributed by atoms with Crippen molar-refractivity contribution in [3.05, 3.63) is 34.3 Å². The molecule has 0 bridgehead atoms. The summed E-state index contributed by atoms with van der Waals surface area (Å²) >= 11 is 6.05. The minimum atomic E-state index is 0.639. The van der Waals surface area contributed by atoms with Gasteiger partial charge >= 0.3 is 0 Å². The van der Waals surface area contributed by atoms with E-state index in [1.807, 2.05) is 6.07 Å². The molecule has 0 spiro atoms. The van der Waals surface area contributed by atoms with Crippen LogP contribution in [-0.4, -0.2) is 12.6 Å². The maximum atomic E-state index is 6.05. The lowest BCUT2D eigenvalue weighted by molar-refractivity contribution is 0.328. The van der Waals surface area contributed by atoms with Crippen LogP contribution in [0.2, 0.25) is 5.02 Å². The monoisotopic (exact) mass is 263 g/mol. The van der Waals surface area contributed by atoms with Crippen molar-refractivity contribution in [1.29, 1.82) is 0 Å². The first-order valence-corrected chi connectivity index (χ1v) is 7.70. The Bertz CT molecular complexity index is 410. The molecule has 0 radical (unpaired) electrons. The zero-order chi connectivity index (χ0) is 12.4. The van der Waals surface area contributed by atoms with Gasteiger partial charge in [0.15, 0.2) is 0 Å². The average Bonchev–Trinajstić information content (AvgIpc) is 2.79. The molecule has 1 N–H and O–H groups in total. The van der Waals surface area contributed by atoms with Gasteiger partial charge in [-0.1, -0.05) is 36.9 Å². The second kappa shape index (κ2) is 5.63. The summed E-state index contributed by atoms with van der Waals surface area (Å²) in [5, 5.41) is 4.65. The molecule has 0 saturated heterocycles. The maximum Gasteiger partial charge on any atom is 0.0408 e. The molecule has 98 valence electrons. The van der Waals surface area contributed by atoms with E-state index in [1.54, 1.807) is 0 Å². The molecule has 18 heavy (non-hydrogen) atoms. The molecule has 2 aliphatic carbocycles. The van der Waals surface area contributed by atoms with Crippen LogP contribution in [0.4, 0.5) is 0 Å². The number of rotatable bonds is 3. The summed E-state index contributed by atoms with van der Waals surface area (Å²) in [6.45, 7) is 1.21. The number of fused-ring (bicyclic) bond motifs is 1. The Morgan fingerprint density at radius 1 is 1.06 bits per heavy atom. The first kappa shape index (κ1) is 12.5. The smallest absolute Gasteiger partial charge is 0.0408 e. The molecule has 1 saturated carbocycles. The molecule has 0 amide bonds. The van der Waals surface area contributed by atoms with E-state index in [2.05, 4.69) is 17.4 Å². The molecule has 1 atom stereocenters. The topological polar surface area (TPSA) is 12.0 Å². The lowest BCUT2D eigenvalue weighted by Crippen LogP contribution is -2.34. The van der Waals surface area contributed by atoms with Crippen LogP contribution >= 0.6 is 11.6 Å². The van der Waals surface area contributed by atoms with Crippen molar-refractivity contribution < 1.29 is 0 Å².